The number of rotatable bonds is 3. The summed E-state index contributed by atoms with van der Waals surface area (Å²) in [6.07, 6.45) is 2.24. The molecular formula is C51H58BClN2. The zero-order valence-electron chi connectivity index (χ0n) is 35.7. The van der Waals surface area contributed by atoms with E-state index in [-0.39, 0.29) is 33.9 Å². The van der Waals surface area contributed by atoms with Crippen LogP contribution in [0.15, 0.2) is 72.8 Å². The van der Waals surface area contributed by atoms with E-state index in [1.807, 2.05) is 0 Å². The molecule has 3 heterocycles. The lowest BCUT2D eigenvalue weighted by Crippen LogP contribution is -2.64. The maximum absolute atomic E-state index is 7.45. The zero-order valence-corrected chi connectivity index (χ0v) is 36.4. The van der Waals surface area contributed by atoms with E-state index in [0.717, 1.165) is 17.9 Å². The third-order valence-electron chi connectivity index (χ3n) is 14.5. The van der Waals surface area contributed by atoms with Crippen molar-refractivity contribution in [1.29, 1.82) is 0 Å². The van der Waals surface area contributed by atoms with Crippen molar-refractivity contribution in [1.82, 2.24) is 0 Å². The van der Waals surface area contributed by atoms with Gasteiger partial charge in [0.15, 0.2) is 0 Å². The molecule has 0 fully saturated rings. The van der Waals surface area contributed by atoms with Crippen molar-refractivity contribution >= 4 is 63.1 Å². The van der Waals surface area contributed by atoms with Gasteiger partial charge in [0.05, 0.1) is 5.69 Å². The Kier molecular flexibility index (Phi) is 7.56. The molecule has 0 aromatic heterocycles. The first-order valence-electron chi connectivity index (χ1n) is 20.7. The first kappa shape index (κ1) is 36.7. The Morgan fingerprint density at radius 2 is 1.27 bits per heavy atom. The molecule has 0 N–H and O–H groups in total. The number of anilines is 5. The Morgan fingerprint density at radius 3 is 1.91 bits per heavy atom. The number of hydrogen-bond acceptors (Lipinski definition) is 2. The van der Waals surface area contributed by atoms with Crippen LogP contribution < -0.4 is 26.2 Å². The molecule has 9 rings (SSSR count). The third kappa shape index (κ3) is 4.69. The Morgan fingerprint density at radius 1 is 0.655 bits per heavy atom. The summed E-state index contributed by atoms with van der Waals surface area (Å²) in [7, 11) is 0. The van der Waals surface area contributed by atoms with E-state index in [9.17, 15) is 0 Å². The van der Waals surface area contributed by atoms with Crippen LogP contribution in [0.4, 0.5) is 28.4 Å². The van der Waals surface area contributed by atoms with Crippen LogP contribution in [0.3, 0.4) is 0 Å². The molecular weight excluding hydrogens is 687 g/mol. The van der Waals surface area contributed by atoms with E-state index in [4.69, 9.17) is 11.6 Å². The standard InChI is InChI=1S/C51H58BClN2/c1-15-22-51(14)37-25-32(48(7,8)9)26-39-45(37)55(50(51,12)13)41-28-33(53)27-40-43(41)52(39)38-21-20-35-34-18-16-17-19-36(34)49(10,11)42(35)46(38)54(40)44-29(2)23-31(24-30(44)3)47(4,5)6/h16-21,23-28H,15,22H2,1-14H3. The highest BCUT2D eigenvalue weighted by molar-refractivity contribution is 7.00. The molecule has 2 nitrogen and oxygen atoms in total. The Labute approximate surface area is 336 Å². The minimum atomic E-state index is -0.209. The first-order valence-corrected chi connectivity index (χ1v) is 21.0. The smallest absolute Gasteiger partial charge is 0.252 e. The molecule has 0 radical (unpaired) electrons. The van der Waals surface area contributed by atoms with Crippen LogP contribution in [0.5, 0.6) is 0 Å². The highest BCUT2D eigenvalue weighted by Crippen LogP contribution is 2.61. The van der Waals surface area contributed by atoms with Crippen LogP contribution in [0, 0.1) is 13.8 Å². The molecule has 282 valence electrons. The molecule has 0 amide bonds. The van der Waals surface area contributed by atoms with Crippen LogP contribution in [0.1, 0.15) is 135 Å². The topological polar surface area (TPSA) is 6.48 Å². The van der Waals surface area contributed by atoms with Crippen molar-refractivity contribution in [3.8, 4) is 11.1 Å². The number of nitrogens with zero attached hydrogens (tertiary/aromatic N) is 2. The van der Waals surface area contributed by atoms with Crippen LogP contribution in [-0.4, -0.2) is 12.3 Å². The van der Waals surface area contributed by atoms with E-state index in [1.165, 1.54) is 94.9 Å². The first-order chi connectivity index (χ1) is 25.6. The predicted octanol–water partition coefficient (Wildman–Crippen LogP) is 12.5. The summed E-state index contributed by atoms with van der Waals surface area (Å²) in [6, 6.07) is 28.7. The van der Waals surface area contributed by atoms with Gasteiger partial charge in [-0.25, -0.2) is 0 Å². The van der Waals surface area contributed by atoms with Crippen LogP contribution >= 0.6 is 11.6 Å². The summed E-state index contributed by atoms with van der Waals surface area (Å²) in [5.74, 6) is 0. The largest absolute Gasteiger partial charge is 0.335 e. The highest BCUT2D eigenvalue weighted by Gasteiger charge is 2.59. The fourth-order valence-corrected chi connectivity index (χ4v) is 11.6. The average molecular weight is 745 g/mol. The van der Waals surface area contributed by atoms with E-state index >= 15 is 0 Å². The van der Waals surface area contributed by atoms with Gasteiger partial charge >= 0.3 is 0 Å². The number of fused-ring (bicyclic) bond motifs is 8. The number of halogens is 1. The molecule has 0 saturated carbocycles. The molecule has 5 aromatic carbocycles. The second-order valence-electron chi connectivity index (χ2n) is 20.6. The molecule has 0 spiro atoms. The predicted molar refractivity (Wildman–Crippen MR) is 240 cm³/mol. The van der Waals surface area contributed by atoms with Gasteiger partial charge in [-0.2, -0.15) is 0 Å². The summed E-state index contributed by atoms with van der Waals surface area (Å²) in [5.41, 5.74) is 22.6. The van der Waals surface area contributed by atoms with Crippen molar-refractivity contribution in [3.05, 3.63) is 117 Å². The Bertz CT molecular complexity index is 2470. The summed E-state index contributed by atoms with van der Waals surface area (Å²) >= 11 is 7.45. The maximum Gasteiger partial charge on any atom is 0.252 e. The summed E-state index contributed by atoms with van der Waals surface area (Å²) < 4.78 is 0. The Balaban J connectivity index is 1.47. The molecule has 55 heavy (non-hydrogen) atoms. The normalized spacial score (nSPS) is 19.6. The molecule has 0 bridgehead atoms. The van der Waals surface area contributed by atoms with Gasteiger partial charge in [-0.3, -0.25) is 0 Å². The van der Waals surface area contributed by atoms with Gasteiger partial charge in [0.25, 0.3) is 6.71 Å². The van der Waals surface area contributed by atoms with Crippen molar-refractivity contribution < 1.29 is 0 Å². The van der Waals surface area contributed by atoms with Gasteiger partial charge < -0.3 is 9.80 Å². The lowest BCUT2D eigenvalue weighted by atomic mass is 9.33. The fourth-order valence-electron chi connectivity index (χ4n) is 11.4. The molecule has 4 aliphatic rings. The van der Waals surface area contributed by atoms with Gasteiger partial charge in [-0.15, -0.1) is 0 Å². The number of aryl methyl sites for hydroxylation is 2. The fraction of sp³-hybridized carbons (Fsp3) is 0.412. The summed E-state index contributed by atoms with van der Waals surface area (Å²) in [5, 5.41) is 0.786. The van der Waals surface area contributed by atoms with E-state index in [0.29, 0.717) is 0 Å². The van der Waals surface area contributed by atoms with Crippen molar-refractivity contribution in [3.63, 3.8) is 0 Å². The highest BCUT2D eigenvalue weighted by atomic mass is 35.5. The van der Waals surface area contributed by atoms with Gasteiger partial charge in [0.1, 0.15) is 0 Å². The van der Waals surface area contributed by atoms with Crippen LogP contribution in [0.25, 0.3) is 11.1 Å². The lowest BCUT2D eigenvalue weighted by Gasteiger charge is -2.50. The van der Waals surface area contributed by atoms with Gasteiger partial charge in [0, 0.05) is 44.1 Å². The van der Waals surface area contributed by atoms with Gasteiger partial charge in [-0.1, -0.05) is 148 Å². The minimum Gasteiger partial charge on any atom is -0.335 e. The second kappa shape index (κ2) is 11.3. The molecule has 4 heteroatoms. The molecule has 0 saturated heterocycles. The third-order valence-corrected chi connectivity index (χ3v) is 14.7. The Hall–Kier alpha value is -3.95. The van der Waals surface area contributed by atoms with Crippen LogP contribution in [0.2, 0.25) is 5.02 Å². The summed E-state index contributed by atoms with van der Waals surface area (Å²) in [6.45, 7) is 33.5. The number of benzene rings is 5. The lowest BCUT2D eigenvalue weighted by molar-refractivity contribution is 0.281. The number of hydrogen-bond donors (Lipinski definition) is 0. The molecule has 1 aliphatic carbocycles. The van der Waals surface area contributed by atoms with Crippen molar-refractivity contribution in [2.24, 2.45) is 0 Å². The van der Waals surface area contributed by atoms with Crippen LogP contribution in [-0.2, 0) is 21.7 Å². The monoisotopic (exact) mass is 744 g/mol. The maximum atomic E-state index is 7.45. The molecule has 1 atom stereocenters. The van der Waals surface area contributed by atoms with Gasteiger partial charge in [-0.05, 0) is 124 Å². The van der Waals surface area contributed by atoms with Crippen molar-refractivity contribution in [2.45, 2.75) is 137 Å². The SMILES string of the molecule is CCCC1(C)c2cc(C(C)(C)C)cc3c2N(c2cc(Cl)cc4c2B3c2ccc3c(c2N4c2c(C)cc(C(C)(C)C)cc2C)C(C)(C)c2ccccc2-3)C1(C)C. The molecule has 1 unspecified atom stereocenters. The minimum absolute atomic E-state index is 0.00650. The van der Waals surface area contributed by atoms with E-state index in [2.05, 4.69) is 180 Å². The zero-order chi connectivity index (χ0) is 39.5. The molecule has 5 aromatic rings. The average Bonchev–Trinajstić information content (AvgIpc) is 3.43. The second-order valence-corrected chi connectivity index (χ2v) is 21.1. The van der Waals surface area contributed by atoms with Gasteiger partial charge in [0.2, 0.25) is 0 Å². The van der Waals surface area contributed by atoms with E-state index in [1.54, 1.807) is 0 Å². The van der Waals surface area contributed by atoms with Crippen molar-refractivity contribution in [2.75, 3.05) is 9.80 Å². The molecule has 3 aliphatic heterocycles. The summed E-state index contributed by atoms with van der Waals surface area (Å²) in [4.78, 5) is 5.38. The van der Waals surface area contributed by atoms with E-state index < -0.39 is 0 Å². The quantitative estimate of drug-likeness (QED) is 0.167.